The monoisotopic (exact) mass is 288 g/mol. The molecule has 1 aromatic carbocycles. The summed E-state index contributed by atoms with van der Waals surface area (Å²) in [6, 6.07) is 5.61. The summed E-state index contributed by atoms with van der Waals surface area (Å²) < 4.78 is 5.61. The number of amides is 2. The molecule has 1 aliphatic carbocycles. The largest absolute Gasteiger partial charge is 0.484 e. The van der Waals surface area contributed by atoms with Crippen molar-refractivity contribution in [1.82, 2.24) is 10.2 Å². The van der Waals surface area contributed by atoms with Crippen molar-refractivity contribution in [2.45, 2.75) is 32.2 Å². The molecule has 1 atom stereocenters. The number of benzene rings is 1. The van der Waals surface area contributed by atoms with Crippen LogP contribution in [0.1, 0.15) is 24.5 Å². The van der Waals surface area contributed by atoms with Crippen molar-refractivity contribution in [3.63, 3.8) is 0 Å². The molecule has 5 nitrogen and oxygen atoms in total. The fraction of sp³-hybridized carbons (Fsp3) is 0.500. The van der Waals surface area contributed by atoms with Gasteiger partial charge >= 0.3 is 0 Å². The Bertz CT molecular complexity index is 571. The zero-order valence-electron chi connectivity index (χ0n) is 12.2. The topological polar surface area (TPSA) is 58.6 Å². The molecule has 0 saturated carbocycles. The number of ether oxygens (including phenoxy) is 1. The third-order valence-corrected chi connectivity index (χ3v) is 4.25. The summed E-state index contributed by atoms with van der Waals surface area (Å²) in [6.07, 6.45) is 3.41. The lowest BCUT2D eigenvalue weighted by molar-refractivity contribution is -0.143. The maximum absolute atomic E-state index is 12.2. The summed E-state index contributed by atoms with van der Waals surface area (Å²) in [6.45, 7) is 2.77. The number of aryl methyl sites for hydroxylation is 2. The predicted molar refractivity (Wildman–Crippen MR) is 78.1 cm³/mol. The third kappa shape index (κ3) is 2.86. The molecule has 1 heterocycles. The quantitative estimate of drug-likeness (QED) is 0.899. The maximum atomic E-state index is 12.2. The van der Waals surface area contributed by atoms with Crippen LogP contribution in [0.15, 0.2) is 18.2 Å². The molecule has 1 aromatic rings. The highest BCUT2D eigenvalue weighted by molar-refractivity contribution is 5.89. The number of nitrogens with zero attached hydrogens (tertiary/aromatic N) is 1. The number of nitrogens with one attached hydrogen (secondary N) is 1. The fourth-order valence-corrected chi connectivity index (χ4v) is 2.99. The molecular formula is C16H20N2O3. The summed E-state index contributed by atoms with van der Waals surface area (Å²) in [5.41, 5.74) is 2.71. The molecule has 1 unspecified atom stereocenters. The highest BCUT2D eigenvalue weighted by Gasteiger charge is 2.29. The van der Waals surface area contributed by atoms with Crippen molar-refractivity contribution < 1.29 is 14.3 Å². The average Bonchev–Trinajstić information content (AvgIpc) is 2.95. The number of carbonyl (C=O) groups is 2. The van der Waals surface area contributed by atoms with Gasteiger partial charge in [0.05, 0.1) is 0 Å². The zero-order chi connectivity index (χ0) is 14.8. The second-order valence-electron chi connectivity index (χ2n) is 5.63. The van der Waals surface area contributed by atoms with Crippen LogP contribution in [-0.4, -0.2) is 42.5 Å². The van der Waals surface area contributed by atoms with E-state index in [1.807, 2.05) is 12.1 Å². The molecule has 112 valence electrons. The first-order valence-electron chi connectivity index (χ1n) is 7.47. The fourth-order valence-electron chi connectivity index (χ4n) is 2.99. The Morgan fingerprint density at radius 2 is 2.19 bits per heavy atom. The van der Waals surface area contributed by atoms with Gasteiger partial charge in [0.2, 0.25) is 5.91 Å². The van der Waals surface area contributed by atoms with Crippen molar-refractivity contribution in [1.29, 1.82) is 0 Å². The van der Waals surface area contributed by atoms with E-state index in [2.05, 4.69) is 11.4 Å². The number of hydrogen-bond acceptors (Lipinski definition) is 3. The van der Waals surface area contributed by atoms with Gasteiger partial charge in [0.1, 0.15) is 11.8 Å². The van der Waals surface area contributed by atoms with Crippen LogP contribution in [0, 0.1) is 0 Å². The van der Waals surface area contributed by atoms with Gasteiger partial charge in [0, 0.05) is 13.1 Å². The summed E-state index contributed by atoms with van der Waals surface area (Å²) in [5, 5.41) is 2.75. The molecule has 3 rings (SSSR count). The van der Waals surface area contributed by atoms with Crippen LogP contribution >= 0.6 is 0 Å². The average molecular weight is 288 g/mol. The van der Waals surface area contributed by atoms with Crippen LogP contribution in [0.25, 0.3) is 0 Å². The van der Waals surface area contributed by atoms with Crippen molar-refractivity contribution in [3.05, 3.63) is 29.3 Å². The molecule has 0 spiro atoms. The van der Waals surface area contributed by atoms with E-state index in [1.54, 1.807) is 11.8 Å². The van der Waals surface area contributed by atoms with E-state index in [4.69, 9.17) is 4.74 Å². The van der Waals surface area contributed by atoms with E-state index in [-0.39, 0.29) is 18.4 Å². The van der Waals surface area contributed by atoms with E-state index in [9.17, 15) is 9.59 Å². The van der Waals surface area contributed by atoms with Gasteiger partial charge in [-0.25, -0.2) is 0 Å². The predicted octanol–water partition coefficient (Wildman–Crippen LogP) is 0.901. The molecular weight excluding hydrogens is 268 g/mol. The summed E-state index contributed by atoms with van der Waals surface area (Å²) in [7, 11) is 0. The van der Waals surface area contributed by atoms with Gasteiger partial charge in [-0.05, 0) is 49.4 Å². The van der Waals surface area contributed by atoms with Crippen molar-refractivity contribution >= 4 is 11.8 Å². The molecule has 2 amide bonds. The van der Waals surface area contributed by atoms with Crippen LogP contribution in [0.5, 0.6) is 5.75 Å². The standard InChI is InChI=1S/C16H20N2O3/c1-11-16(20)17-7-8-18(11)15(19)10-21-14-6-5-12-3-2-4-13(12)9-14/h5-6,9,11H,2-4,7-8,10H2,1H3,(H,17,20). The lowest BCUT2D eigenvalue weighted by atomic mass is 10.1. The SMILES string of the molecule is CC1C(=O)NCCN1C(=O)COc1ccc2c(c1)CCC2. The number of fused-ring (bicyclic) bond motifs is 1. The van der Waals surface area contributed by atoms with Gasteiger partial charge in [-0.15, -0.1) is 0 Å². The van der Waals surface area contributed by atoms with Crippen molar-refractivity contribution in [2.24, 2.45) is 0 Å². The third-order valence-electron chi connectivity index (χ3n) is 4.25. The van der Waals surface area contributed by atoms with Crippen LogP contribution in [-0.2, 0) is 22.4 Å². The molecule has 2 aliphatic rings. The number of piperazine rings is 1. The Labute approximate surface area is 124 Å². The van der Waals surface area contributed by atoms with Crippen LogP contribution in [0.3, 0.4) is 0 Å². The lowest BCUT2D eigenvalue weighted by Crippen LogP contribution is -2.56. The second-order valence-corrected chi connectivity index (χ2v) is 5.63. The Balaban J connectivity index is 1.59. The van der Waals surface area contributed by atoms with E-state index in [0.29, 0.717) is 13.1 Å². The van der Waals surface area contributed by atoms with Gasteiger partial charge < -0.3 is 15.0 Å². The number of hydrogen-bond donors (Lipinski definition) is 1. The molecule has 0 aromatic heterocycles. The highest BCUT2D eigenvalue weighted by atomic mass is 16.5. The molecule has 5 heteroatoms. The smallest absolute Gasteiger partial charge is 0.261 e. The minimum Gasteiger partial charge on any atom is -0.484 e. The Kier molecular flexibility index (Phi) is 3.82. The Hall–Kier alpha value is -2.04. The highest BCUT2D eigenvalue weighted by Crippen LogP contribution is 2.26. The van der Waals surface area contributed by atoms with Crippen LogP contribution < -0.4 is 10.1 Å². The first-order chi connectivity index (χ1) is 10.1. The second kappa shape index (κ2) is 5.76. The van der Waals surface area contributed by atoms with E-state index in [1.165, 1.54) is 17.5 Å². The molecule has 21 heavy (non-hydrogen) atoms. The van der Waals surface area contributed by atoms with Gasteiger partial charge in [0.15, 0.2) is 6.61 Å². The molecule has 1 N–H and O–H groups in total. The minimum atomic E-state index is -0.421. The molecule has 0 bridgehead atoms. The van der Waals surface area contributed by atoms with Crippen LogP contribution in [0.2, 0.25) is 0 Å². The summed E-state index contributed by atoms with van der Waals surface area (Å²) >= 11 is 0. The molecule has 1 saturated heterocycles. The van der Waals surface area contributed by atoms with Crippen LogP contribution in [0.4, 0.5) is 0 Å². The molecule has 1 aliphatic heterocycles. The number of rotatable bonds is 3. The molecule has 0 radical (unpaired) electrons. The normalized spacial score (nSPS) is 20.9. The van der Waals surface area contributed by atoms with Gasteiger partial charge in [0.25, 0.3) is 5.91 Å². The minimum absolute atomic E-state index is 0.0175. The first-order valence-corrected chi connectivity index (χ1v) is 7.47. The Morgan fingerprint density at radius 1 is 1.38 bits per heavy atom. The number of carbonyl (C=O) groups excluding carboxylic acids is 2. The van der Waals surface area contributed by atoms with E-state index < -0.39 is 6.04 Å². The van der Waals surface area contributed by atoms with E-state index >= 15 is 0 Å². The zero-order valence-corrected chi connectivity index (χ0v) is 12.2. The lowest BCUT2D eigenvalue weighted by Gasteiger charge is -2.32. The summed E-state index contributed by atoms with van der Waals surface area (Å²) in [5.74, 6) is 0.489. The van der Waals surface area contributed by atoms with Crippen molar-refractivity contribution in [2.75, 3.05) is 19.7 Å². The summed E-state index contributed by atoms with van der Waals surface area (Å²) in [4.78, 5) is 25.3. The molecule has 1 fully saturated rings. The first kappa shape index (κ1) is 13.9. The van der Waals surface area contributed by atoms with Gasteiger partial charge in [-0.1, -0.05) is 6.07 Å². The van der Waals surface area contributed by atoms with Gasteiger partial charge in [-0.2, -0.15) is 0 Å². The maximum Gasteiger partial charge on any atom is 0.261 e. The van der Waals surface area contributed by atoms with Gasteiger partial charge in [-0.3, -0.25) is 9.59 Å². The van der Waals surface area contributed by atoms with Crippen molar-refractivity contribution in [3.8, 4) is 5.75 Å². The Morgan fingerprint density at radius 3 is 3.05 bits per heavy atom. The van der Waals surface area contributed by atoms with E-state index in [0.717, 1.165) is 18.6 Å².